The molecule has 0 spiro atoms. The molecule has 22 heavy (non-hydrogen) atoms. The lowest BCUT2D eigenvalue weighted by Gasteiger charge is -2.36. The van der Waals surface area contributed by atoms with Crippen molar-refractivity contribution in [3.63, 3.8) is 0 Å². The molecule has 7 heteroatoms. The average Bonchev–Trinajstić information content (AvgIpc) is 2.50. The highest BCUT2D eigenvalue weighted by atomic mass is 35.5. The standard InChI is InChI=1S/C15H21ClF4OSi/c1-4-22(5-2,6-3)21-13(15(19,20)14(17)18)11-7-9-12(16)10-8-11/h7-10,13-14H,4-6H2,1-3H3. The molecule has 0 aromatic heterocycles. The van der Waals surface area contributed by atoms with Crippen molar-refractivity contribution in [1.82, 2.24) is 0 Å². The fraction of sp³-hybridized carbons (Fsp3) is 0.600. The predicted molar refractivity (Wildman–Crippen MR) is 83.4 cm³/mol. The van der Waals surface area contributed by atoms with Gasteiger partial charge in [-0.1, -0.05) is 44.5 Å². The Morgan fingerprint density at radius 3 is 1.86 bits per heavy atom. The SMILES string of the molecule is CC[Si](CC)(CC)OC(c1ccc(Cl)cc1)C(F)(F)C(F)F. The third-order valence-corrected chi connectivity index (χ3v) is 8.97. The van der Waals surface area contributed by atoms with Crippen molar-refractivity contribution < 1.29 is 22.0 Å². The van der Waals surface area contributed by atoms with Gasteiger partial charge in [-0.3, -0.25) is 0 Å². The van der Waals surface area contributed by atoms with Crippen molar-refractivity contribution in [2.45, 2.75) is 57.4 Å². The van der Waals surface area contributed by atoms with E-state index in [-0.39, 0.29) is 5.56 Å². The van der Waals surface area contributed by atoms with E-state index < -0.39 is 26.8 Å². The van der Waals surface area contributed by atoms with Crippen LogP contribution in [0.15, 0.2) is 24.3 Å². The molecule has 1 rings (SSSR count). The second-order valence-corrected chi connectivity index (χ2v) is 10.4. The molecule has 1 unspecified atom stereocenters. The van der Waals surface area contributed by atoms with Crippen LogP contribution in [0, 0.1) is 0 Å². The van der Waals surface area contributed by atoms with Gasteiger partial charge in [0.2, 0.25) is 0 Å². The van der Waals surface area contributed by atoms with E-state index in [0.29, 0.717) is 23.2 Å². The summed E-state index contributed by atoms with van der Waals surface area (Å²) in [5.41, 5.74) is 0.0296. The molecule has 126 valence electrons. The van der Waals surface area contributed by atoms with Crippen LogP contribution >= 0.6 is 11.6 Å². The average molecular weight is 357 g/mol. The minimum atomic E-state index is -4.24. The lowest BCUT2D eigenvalue weighted by molar-refractivity contribution is -0.188. The van der Waals surface area contributed by atoms with E-state index in [4.69, 9.17) is 16.0 Å². The highest BCUT2D eigenvalue weighted by Gasteiger charge is 2.52. The molecule has 1 aromatic carbocycles. The molecule has 0 saturated carbocycles. The maximum Gasteiger partial charge on any atom is 0.335 e. The smallest absolute Gasteiger partial charge is 0.335 e. The van der Waals surface area contributed by atoms with E-state index in [1.807, 2.05) is 20.8 Å². The molecule has 1 aromatic rings. The summed E-state index contributed by atoms with van der Waals surface area (Å²) in [7, 11) is -2.48. The number of alkyl halides is 4. The van der Waals surface area contributed by atoms with E-state index >= 15 is 0 Å². The van der Waals surface area contributed by atoms with Crippen LogP contribution in [-0.2, 0) is 4.43 Å². The van der Waals surface area contributed by atoms with Gasteiger partial charge in [-0.05, 0) is 35.8 Å². The number of halogens is 5. The second kappa shape index (κ2) is 7.79. The van der Waals surface area contributed by atoms with Gasteiger partial charge >= 0.3 is 12.3 Å². The Kier molecular flexibility index (Phi) is 6.89. The molecule has 0 radical (unpaired) electrons. The summed E-state index contributed by atoms with van der Waals surface area (Å²) in [5.74, 6) is -4.24. The van der Waals surface area contributed by atoms with Crippen molar-refractivity contribution in [2.75, 3.05) is 0 Å². The minimum Gasteiger partial charge on any atom is -0.404 e. The van der Waals surface area contributed by atoms with Crippen LogP contribution in [-0.4, -0.2) is 20.7 Å². The zero-order valence-corrected chi connectivity index (χ0v) is 14.6. The normalized spacial score (nSPS) is 14.4. The van der Waals surface area contributed by atoms with Crippen LogP contribution in [0.4, 0.5) is 17.6 Å². The van der Waals surface area contributed by atoms with Gasteiger partial charge in [0.05, 0.1) is 0 Å². The first kappa shape index (κ1) is 19.5. The van der Waals surface area contributed by atoms with Gasteiger partial charge < -0.3 is 4.43 Å². The van der Waals surface area contributed by atoms with E-state index in [1.165, 1.54) is 24.3 Å². The van der Waals surface area contributed by atoms with Crippen LogP contribution in [0.5, 0.6) is 0 Å². The summed E-state index contributed by atoms with van der Waals surface area (Å²) >= 11 is 5.74. The first-order chi connectivity index (χ1) is 10.2. The van der Waals surface area contributed by atoms with Crippen LogP contribution < -0.4 is 0 Å². The topological polar surface area (TPSA) is 9.23 Å². The van der Waals surface area contributed by atoms with Crippen LogP contribution in [0.2, 0.25) is 23.2 Å². The third kappa shape index (κ3) is 4.23. The van der Waals surface area contributed by atoms with Crippen LogP contribution in [0.3, 0.4) is 0 Å². The highest BCUT2D eigenvalue weighted by molar-refractivity contribution is 6.73. The Morgan fingerprint density at radius 2 is 1.50 bits per heavy atom. The van der Waals surface area contributed by atoms with Gasteiger partial charge in [0.1, 0.15) is 6.10 Å². The largest absolute Gasteiger partial charge is 0.404 e. The van der Waals surface area contributed by atoms with E-state index in [9.17, 15) is 17.6 Å². The maximum absolute atomic E-state index is 14.1. The molecule has 0 aliphatic heterocycles. The first-order valence-electron chi connectivity index (χ1n) is 7.31. The quantitative estimate of drug-likeness (QED) is 0.392. The van der Waals surface area contributed by atoms with Gasteiger partial charge in [0, 0.05) is 5.02 Å². The molecule has 0 aliphatic carbocycles. The molecule has 0 saturated heterocycles. The lowest BCUT2D eigenvalue weighted by Crippen LogP contribution is -2.45. The fourth-order valence-corrected chi connectivity index (χ4v) is 5.29. The lowest BCUT2D eigenvalue weighted by atomic mass is 10.0. The molecule has 1 nitrogen and oxygen atoms in total. The fourth-order valence-electron chi connectivity index (χ4n) is 2.37. The maximum atomic E-state index is 14.1. The van der Waals surface area contributed by atoms with Gasteiger partial charge in [0.25, 0.3) is 0 Å². The van der Waals surface area contributed by atoms with Crippen LogP contribution in [0.1, 0.15) is 32.4 Å². The summed E-state index contributed by atoms with van der Waals surface area (Å²) in [6.07, 6.45) is -5.73. The predicted octanol–water partition coefficient (Wildman–Crippen LogP) is 6.30. The zero-order chi connectivity index (χ0) is 17.0. The second-order valence-electron chi connectivity index (χ2n) is 5.27. The number of benzene rings is 1. The number of hydrogen-bond donors (Lipinski definition) is 0. The molecule has 0 fully saturated rings. The van der Waals surface area contributed by atoms with Crippen molar-refractivity contribution in [2.24, 2.45) is 0 Å². The van der Waals surface area contributed by atoms with Crippen LogP contribution in [0.25, 0.3) is 0 Å². The van der Waals surface area contributed by atoms with Crippen molar-refractivity contribution >= 4 is 19.9 Å². The monoisotopic (exact) mass is 356 g/mol. The van der Waals surface area contributed by atoms with E-state index in [1.54, 1.807) is 0 Å². The summed E-state index contributed by atoms with van der Waals surface area (Å²) in [4.78, 5) is 0. The first-order valence-corrected chi connectivity index (χ1v) is 10.2. The Hall–Kier alpha value is -0.593. The minimum absolute atomic E-state index is 0.0296. The highest BCUT2D eigenvalue weighted by Crippen LogP contribution is 2.43. The van der Waals surface area contributed by atoms with E-state index in [2.05, 4.69) is 0 Å². The Labute approximate surface area is 134 Å². The van der Waals surface area contributed by atoms with Crippen molar-refractivity contribution in [1.29, 1.82) is 0 Å². The zero-order valence-electron chi connectivity index (χ0n) is 12.9. The molecule has 0 amide bonds. The van der Waals surface area contributed by atoms with Gasteiger partial charge in [-0.25, -0.2) is 8.78 Å². The van der Waals surface area contributed by atoms with Gasteiger partial charge in [-0.15, -0.1) is 0 Å². The molecular formula is C15H21ClF4OSi. The van der Waals surface area contributed by atoms with Crippen molar-refractivity contribution in [3.05, 3.63) is 34.9 Å². The summed E-state index contributed by atoms with van der Waals surface area (Å²) in [5, 5.41) is 0.354. The third-order valence-electron chi connectivity index (χ3n) is 4.11. The van der Waals surface area contributed by atoms with Gasteiger partial charge in [0.15, 0.2) is 8.32 Å². The summed E-state index contributed by atoms with van der Waals surface area (Å²) < 4.78 is 59.6. The molecule has 1 atom stereocenters. The summed E-state index contributed by atoms with van der Waals surface area (Å²) in [6, 6.07) is 7.26. The van der Waals surface area contributed by atoms with E-state index in [0.717, 1.165) is 0 Å². The molecule has 0 N–H and O–H groups in total. The number of hydrogen-bond acceptors (Lipinski definition) is 1. The molecule has 0 bridgehead atoms. The molecule has 0 aliphatic rings. The number of rotatable bonds is 8. The Balaban J connectivity index is 3.25. The van der Waals surface area contributed by atoms with Crippen molar-refractivity contribution in [3.8, 4) is 0 Å². The summed E-state index contributed by atoms with van der Waals surface area (Å²) in [6.45, 7) is 5.58. The van der Waals surface area contributed by atoms with Gasteiger partial charge in [-0.2, -0.15) is 8.78 Å². The molecular weight excluding hydrogens is 336 g/mol. The Bertz CT molecular complexity index is 455. The molecule has 0 heterocycles. The Morgan fingerprint density at radius 1 is 1.05 bits per heavy atom.